The van der Waals surface area contributed by atoms with Crippen molar-refractivity contribution in [1.82, 2.24) is 9.62 Å². The van der Waals surface area contributed by atoms with Crippen LogP contribution in [-0.4, -0.2) is 46.0 Å². The number of rotatable bonds is 3. The van der Waals surface area contributed by atoms with E-state index in [1.807, 2.05) is 0 Å². The third-order valence-electron chi connectivity index (χ3n) is 3.06. The van der Waals surface area contributed by atoms with Gasteiger partial charge in [0, 0.05) is 25.7 Å². The van der Waals surface area contributed by atoms with E-state index in [-0.39, 0.29) is 4.90 Å². The van der Waals surface area contributed by atoms with E-state index in [9.17, 15) is 8.42 Å². The summed E-state index contributed by atoms with van der Waals surface area (Å²) in [6.07, 6.45) is 0.826. The molecule has 0 bridgehead atoms. The van der Waals surface area contributed by atoms with Crippen LogP contribution in [-0.2, 0) is 10.0 Å². The molecule has 0 atom stereocenters. The van der Waals surface area contributed by atoms with Crippen LogP contribution in [0.1, 0.15) is 6.42 Å². The molecule has 1 aromatic carbocycles. The number of methoxy groups -OCH3 is 1. The fraction of sp³-hybridized carbons (Fsp3) is 0.500. The van der Waals surface area contributed by atoms with Gasteiger partial charge in [0.05, 0.1) is 16.5 Å². The molecule has 7 heteroatoms. The molecule has 1 heterocycles. The number of nitrogens with zero attached hydrogens (tertiary/aromatic N) is 1. The van der Waals surface area contributed by atoms with Crippen LogP contribution in [0.5, 0.6) is 5.75 Å². The lowest BCUT2D eigenvalue weighted by Crippen LogP contribution is -2.34. The van der Waals surface area contributed by atoms with E-state index >= 15 is 0 Å². The minimum absolute atomic E-state index is 0.273. The highest BCUT2D eigenvalue weighted by molar-refractivity contribution is 9.10. The predicted molar refractivity (Wildman–Crippen MR) is 76.9 cm³/mol. The molecule has 0 saturated carbocycles. The van der Waals surface area contributed by atoms with E-state index in [1.165, 1.54) is 11.4 Å². The van der Waals surface area contributed by atoms with Crippen molar-refractivity contribution < 1.29 is 13.2 Å². The zero-order valence-electron chi connectivity index (χ0n) is 10.7. The second-order valence-corrected chi connectivity index (χ2v) is 7.10. The van der Waals surface area contributed by atoms with Gasteiger partial charge in [-0.2, -0.15) is 4.31 Å². The summed E-state index contributed by atoms with van der Waals surface area (Å²) in [4.78, 5) is 0.273. The Bertz CT molecular complexity index is 540. The average molecular weight is 349 g/mol. The quantitative estimate of drug-likeness (QED) is 0.897. The molecule has 5 nitrogen and oxygen atoms in total. The van der Waals surface area contributed by atoms with E-state index in [0.717, 1.165) is 17.4 Å². The largest absolute Gasteiger partial charge is 0.496 e. The Hall–Kier alpha value is -0.630. The molecule has 0 spiro atoms. The van der Waals surface area contributed by atoms with Gasteiger partial charge in [-0.15, -0.1) is 0 Å². The molecule has 19 heavy (non-hydrogen) atoms. The van der Waals surface area contributed by atoms with E-state index in [2.05, 4.69) is 21.2 Å². The molecule has 0 unspecified atom stereocenters. The van der Waals surface area contributed by atoms with E-state index in [4.69, 9.17) is 4.74 Å². The number of benzene rings is 1. The minimum Gasteiger partial charge on any atom is -0.496 e. The first kappa shape index (κ1) is 14.8. The van der Waals surface area contributed by atoms with Gasteiger partial charge in [-0.25, -0.2) is 8.42 Å². The van der Waals surface area contributed by atoms with Crippen LogP contribution in [0.25, 0.3) is 0 Å². The minimum atomic E-state index is -3.44. The van der Waals surface area contributed by atoms with Crippen molar-refractivity contribution in [2.24, 2.45) is 0 Å². The molecule has 1 aliphatic rings. The normalized spacial score (nSPS) is 18.0. The molecule has 1 aromatic rings. The lowest BCUT2D eigenvalue weighted by Gasteiger charge is -2.20. The van der Waals surface area contributed by atoms with Crippen molar-refractivity contribution in [2.75, 3.05) is 33.3 Å². The first-order chi connectivity index (χ1) is 9.05. The van der Waals surface area contributed by atoms with Crippen molar-refractivity contribution in [3.63, 3.8) is 0 Å². The average Bonchev–Trinajstić information content (AvgIpc) is 2.68. The Balaban J connectivity index is 2.32. The van der Waals surface area contributed by atoms with Crippen LogP contribution in [0.2, 0.25) is 0 Å². The molecule has 1 N–H and O–H groups in total. The maximum Gasteiger partial charge on any atom is 0.243 e. The van der Waals surface area contributed by atoms with Crippen LogP contribution >= 0.6 is 15.9 Å². The molecule has 1 aliphatic heterocycles. The fourth-order valence-electron chi connectivity index (χ4n) is 2.01. The van der Waals surface area contributed by atoms with Gasteiger partial charge in [0.1, 0.15) is 5.75 Å². The van der Waals surface area contributed by atoms with Gasteiger partial charge >= 0.3 is 0 Å². The van der Waals surface area contributed by atoms with E-state index < -0.39 is 10.0 Å². The van der Waals surface area contributed by atoms with Crippen molar-refractivity contribution in [3.8, 4) is 5.75 Å². The maximum atomic E-state index is 12.5. The number of hydrogen-bond acceptors (Lipinski definition) is 4. The first-order valence-corrected chi connectivity index (χ1v) is 8.33. The van der Waals surface area contributed by atoms with Crippen LogP contribution in [0.15, 0.2) is 27.6 Å². The van der Waals surface area contributed by atoms with Gasteiger partial charge in [0.2, 0.25) is 10.0 Å². The second-order valence-electron chi connectivity index (χ2n) is 4.30. The number of hydrogen-bond donors (Lipinski definition) is 1. The number of sulfonamides is 1. The summed E-state index contributed by atoms with van der Waals surface area (Å²) in [5.41, 5.74) is 0. The lowest BCUT2D eigenvalue weighted by molar-refractivity contribution is 0.408. The summed E-state index contributed by atoms with van der Waals surface area (Å²) in [5, 5.41) is 3.19. The Kier molecular flexibility index (Phi) is 4.83. The zero-order valence-corrected chi connectivity index (χ0v) is 13.1. The molecule has 1 saturated heterocycles. The van der Waals surface area contributed by atoms with Gasteiger partial charge in [-0.05, 0) is 41.0 Å². The summed E-state index contributed by atoms with van der Waals surface area (Å²) in [7, 11) is -1.92. The third-order valence-corrected chi connectivity index (χ3v) is 5.61. The van der Waals surface area contributed by atoms with Gasteiger partial charge in [0.15, 0.2) is 0 Å². The molecule has 2 rings (SSSR count). The van der Waals surface area contributed by atoms with Crippen molar-refractivity contribution in [1.29, 1.82) is 0 Å². The molecule has 1 fully saturated rings. The molecular weight excluding hydrogens is 332 g/mol. The van der Waals surface area contributed by atoms with Gasteiger partial charge < -0.3 is 10.1 Å². The van der Waals surface area contributed by atoms with Crippen LogP contribution in [0.4, 0.5) is 0 Å². The molecule has 0 amide bonds. The highest BCUT2D eigenvalue weighted by atomic mass is 79.9. The zero-order chi connectivity index (χ0) is 13.9. The summed E-state index contributed by atoms with van der Waals surface area (Å²) in [5.74, 6) is 0.522. The highest BCUT2D eigenvalue weighted by Gasteiger charge is 2.25. The fourth-order valence-corrected chi connectivity index (χ4v) is 3.91. The van der Waals surface area contributed by atoms with Crippen LogP contribution < -0.4 is 10.1 Å². The Labute approximate surface area is 122 Å². The van der Waals surface area contributed by atoms with Gasteiger partial charge in [0.25, 0.3) is 0 Å². The predicted octanol–water partition coefficient (Wildman–Crippen LogP) is 1.44. The number of halogens is 1. The summed E-state index contributed by atoms with van der Waals surface area (Å²) < 4.78 is 32.5. The lowest BCUT2D eigenvalue weighted by atomic mass is 10.3. The molecule has 0 aliphatic carbocycles. The first-order valence-electron chi connectivity index (χ1n) is 6.10. The van der Waals surface area contributed by atoms with Crippen LogP contribution in [0, 0.1) is 0 Å². The standard InChI is InChI=1S/C12H17BrN2O3S/c1-18-12-9-10(3-4-11(12)13)19(16,17)15-7-2-5-14-6-8-15/h3-4,9,14H,2,5-8H2,1H3. The summed E-state index contributed by atoms with van der Waals surface area (Å²) >= 11 is 3.32. The maximum absolute atomic E-state index is 12.5. The van der Waals surface area contributed by atoms with E-state index in [1.54, 1.807) is 18.2 Å². The monoisotopic (exact) mass is 348 g/mol. The molecule has 106 valence electrons. The Morgan fingerprint density at radius 1 is 1.32 bits per heavy atom. The Morgan fingerprint density at radius 3 is 2.84 bits per heavy atom. The molecule has 0 aromatic heterocycles. The van der Waals surface area contributed by atoms with E-state index in [0.29, 0.717) is 25.4 Å². The van der Waals surface area contributed by atoms with Crippen molar-refractivity contribution in [3.05, 3.63) is 22.7 Å². The van der Waals surface area contributed by atoms with Gasteiger partial charge in [-0.3, -0.25) is 0 Å². The van der Waals surface area contributed by atoms with Crippen molar-refractivity contribution in [2.45, 2.75) is 11.3 Å². The summed E-state index contributed by atoms with van der Waals surface area (Å²) in [6.45, 7) is 2.59. The summed E-state index contributed by atoms with van der Waals surface area (Å²) in [6, 6.07) is 4.85. The van der Waals surface area contributed by atoms with Crippen molar-refractivity contribution >= 4 is 26.0 Å². The topological polar surface area (TPSA) is 58.6 Å². The van der Waals surface area contributed by atoms with Crippen LogP contribution in [0.3, 0.4) is 0 Å². The van der Waals surface area contributed by atoms with Gasteiger partial charge in [-0.1, -0.05) is 0 Å². The Morgan fingerprint density at radius 2 is 2.11 bits per heavy atom. The third kappa shape index (κ3) is 3.28. The molecule has 0 radical (unpaired) electrons. The number of ether oxygens (including phenoxy) is 1. The highest BCUT2D eigenvalue weighted by Crippen LogP contribution is 2.29. The second kappa shape index (κ2) is 6.21. The molecular formula is C12H17BrN2O3S. The number of nitrogens with one attached hydrogen (secondary N) is 1. The SMILES string of the molecule is COc1cc(S(=O)(=O)N2CCCNCC2)ccc1Br. The smallest absolute Gasteiger partial charge is 0.243 e.